The molecule has 0 fully saturated rings. The van der Waals surface area contributed by atoms with Gasteiger partial charge in [0.2, 0.25) is 0 Å². The van der Waals surface area contributed by atoms with Gasteiger partial charge in [0.05, 0.1) is 5.02 Å². The largest absolute Gasteiger partial charge is 0.569 e. The smallest absolute Gasteiger partial charge is 0.534 e. The van der Waals surface area contributed by atoms with Gasteiger partial charge in [0, 0.05) is 0 Å². The summed E-state index contributed by atoms with van der Waals surface area (Å²) in [4.78, 5) is 0. The third-order valence-corrected chi connectivity index (χ3v) is 1.39. The molecule has 2 nitrogen and oxygen atoms in total. The molecule has 1 rings (SSSR count). The van der Waals surface area contributed by atoms with Crippen LogP contribution in [0.25, 0.3) is 0 Å². The summed E-state index contributed by atoms with van der Waals surface area (Å²) in [6.07, 6.45) is 0. The number of halogens is 2. The zero-order valence-electron chi connectivity index (χ0n) is 5.42. The topological polar surface area (TPSA) is 29.5 Å². The standard InChI is InChI=1S/C6H4BClFO2/c8-4-2-1-3-5(9)6(4)11-7-10/h1-3,10H. The van der Waals surface area contributed by atoms with E-state index in [-0.39, 0.29) is 10.8 Å². The zero-order chi connectivity index (χ0) is 8.27. The van der Waals surface area contributed by atoms with Gasteiger partial charge in [-0.3, -0.25) is 0 Å². The van der Waals surface area contributed by atoms with Gasteiger partial charge in [-0.05, 0) is 12.1 Å². The lowest BCUT2D eigenvalue weighted by molar-refractivity contribution is 0.432. The molecule has 0 saturated carbocycles. The van der Waals surface area contributed by atoms with Crippen molar-refractivity contribution in [2.24, 2.45) is 0 Å². The number of hydrogen-bond acceptors (Lipinski definition) is 2. The van der Waals surface area contributed by atoms with Crippen LogP contribution in [0.5, 0.6) is 5.75 Å². The lowest BCUT2D eigenvalue weighted by Crippen LogP contribution is -2.02. The van der Waals surface area contributed by atoms with E-state index >= 15 is 0 Å². The first kappa shape index (κ1) is 8.36. The molecule has 0 aliphatic heterocycles. The summed E-state index contributed by atoms with van der Waals surface area (Å²) in [6, 6.07) is 4.09. The minimum Gasteiger partial charge on any atom is -0.534 e. The fourth-order valence-electron chi connectivity index (χ4n) is 0.648. The molecule has 0 spiro atoms. The zero-order valence-corrected chi connectivity index (χ0v) is 6.18. The average molecular weight is 173 g/mol. The van der Waals surface area contributed by atoms with Crippen molar-refractivity contribution in [1.82, 2.24) is 0 Å². The predicted molar refractivity (Wildman–Crippen MR) is 40.0 cm³/mol. The highest BCUT2D eigenvalue weighted by Crippen LogP contribution is 2.26. The van der Waals surface area contributed by atoms with Gasteiger partial charge in [0.25, 0.3) is 0 Å². The molecule has 5 heteroatoms. The van der Waals surface area contributed by atoms with Crippen LogP contribution in [-0.2, 0) is 0 Å². The minimum absolute atomic E-state index is 0.121. The van der Waals surface area contributed by atoms with Crippen molar-refractivity contribution in [3.05, 3.63) is 29.0 Å². The van der Waals surface area contributed by atoms with Crippen molar-refractivity contribution in [3.63, 3.8) is 0 Å². The fourth-order valence-corrected chi connectivity index (χ4v) is 0.855. The molecule has 0 atom stereocenters. The first-order valence-corrected chi connectivity index (χ1v) is 3.20. The molecule has 0 unspecified atom stereocenters. The Morgan fingerprint density at radius 3 is 2.82 bits per heavy atom. The second kappa shape index (κ2) is 3.60. The average Bonchev–Trinajstić information content (AvgIpc) is 1.97. The summed E-state index contributed by atoms with van der Waals surface area (Å²) >= 11 is 5.51. The lowest BCUT2D eigenvalue weighted by Gasteiger charge is -2.03. The number of para-hydroxylation sites is 1. The molecule has 1 radical (unpaired) electrons. The number of benzene rings is 1. The highest BCUT2D eigenvalue weighted by Gasteiger charge is 2.06. The molecule has 0 aliphatic rings. The maximum Gasteiger partial charge on any atom is 0.569 e. The van der Waals surface area contributed by atoms with Gasteiger partial charge in [-0.25, -0.2) is 4.39 Å². The second-order valence-electron chi connectivity index (χ2n) is 1.77. The van der Waals surface area contributed by atoms with E-state index in [0.29, 0.717) is 7.69 Å². The van der Waals surface area contributed by atoms with Gasteiger partial charge < -0.3 is 9.68 Å². The number of rotatable bonds is 2. The van der Waals surface area contributed by atoms with Crippen molar-refractivity contribution in [3.8, 4) is 5.75 Å². The van der Waals surface area contributed by atoms with Gasteiger partial charge in [0.1, 0.15) is 0 Å². The van der Waals surface area contributed by atoms with E-state index in [1.807, 2.05) is 0 Å². The van der Waals surface area contributed by atoms with Gasteiger partial charge in [0.15, 0.2) is 11.6 Å². The summed E-state index contributed by atoms with van der Waals surface area (Å²) in [5, 5.41) is 8.32. The Bertz CT molecular complexity index is 236. The van der Waals surface area contributed by atoms with Crippen molar-refractivity contribution in [2.75, 3.05) is 0 Å². The van der Waals surface area contributed by atoms with Crippen LogP contribution < -0.4 is 4.65 Å². The van der Waals surface area contributed by atoms with E-state index in [9.17, 15) is 4.39 Å². The molecule has 1 aromatic carbocycles. The van der Waals surface area contributed by atoms with Gasteiger partial charge >= 0.3 is 7.69 Å². The minimum atomic E-state index is -0.609. The Kier molecular flexibility index (Phi) is 2.73. The van der Waals surface area contributed by atoms with Crippen LogP contribution in [0.2, 0.25) is 5.02 Å². The summed E-state index contributed by atoms with van der Waals surface area (Å²) in [5.41, 5.74) is 0. The third-order valence-electron chi connectivity index (χ3n) is 1.09. The van der Waals surface area contributed by atoms with Gasteiger partial charge in [-0.1, -0.05) is 17.7 Å². The van der Waals surface area contributed by atoms with E-state index in [2.05, 4.69) is 4.65 Å². The molecule has 1 N–H and O–H groups in total. The van der Waals surface area contributed by atoms with Crippen LogP contribution in [0, 0.1) is 5.82 Å². The molecular formula is C6H4BClFO2. The van der Waals surface area contributed by atoms with Crippen molar-refractivity contribution >= 4 is 19.3 Å². The SMILES string of the molecule is O[B]Oc1c(F)cccc1Cl. The van der Waals surface area contributed by atoms with E-state index in [1.54, 1.807) is 0 Å². The van der Waals surface area contributed by atoms with Crippen molar-refractivity contribution in [2.45, 2.75) is 0 Å². The Balaban J connectivity index is 3.00. The predicted octanol–water partition coefficient (Wildman–Crippen LogP) is 1.38. The molecule has 0 saturated heterocycles. The van der Waals surface area contributed by atoms with Crippen molar-refractivity contribution < 1.29 is 14.1 Å². The molecule has 1 aromatic rings. The van der Waals surface area contributed by atoms with Crippen LogP contribution in [0.3, 0.4) is 0 Å². The Labute approximate surface area is 68.9 Å². The number of hydrogen-bond donors (Lipinski definition) is 1. The lowest BCUT2D eigenvalue weighted by atomic mass is 10.3. The molecule has 57 valence electrons. The molecule has 0 amide bonds. The second-order valence-corrected chi connectivity index (χ2v) is 2.18. The quantitative estimate of drug-likeness (QED) is 0.685. The highest BCUT2D eigenvalue weighted by atomic mass is 35.5. The van der Waals surface area contributed by atoms with Crippen LogP contribution in [0.4, 0.5) is 4.39 Å². The van der Waals surface area contributed by atoms with Gasteiger partial charge in [-0.15, -0.1) is 0 Å². The van der Waals surface area contributed by atoms with Crippen LogP contribution >= 0.6 is 11.6 Å². The summed E-state index contributed by atoms with van der Waals surface area (Å²) in [5.74, 6) is -0.778. The maximum atomic E-state index is 12.7. The van der Waals surface area contributed by atoms with Crippen LogP contribution in [-0.4, -0.2) is 12.7 Å². The van der Waals surface area contributed by atoms with E-state index < -0.39 is 5.82 Å². The molecule has 0 aromatic heterocycles. The maximum absolute atomic E-state index is 12.7. The Morgan fingerprint density at radius 2 is 2.27 bits per heavy atom. The van der Waals surface area contributed by atoms with E-state index in [1.165, 1.54) is 18.2 Å². The molecule has 0 bridgehead atoms. The highest BCUT2D eigenvalue weighted by molar-refractivity contribution is 6.32. The summed E-state index contributed by atoms with van der Waals surface area (Å²) in [7, 11) is 0.379. The summed E-state index contributed by atoms with van der Waals surface area (Å²) in [6.45, 7) is 0. The summed E-state index contributed by atoms with van der Waals surface area (Å²) < 4.78 is 17.1. The Hall–Kier alpha value is -0.735. The molecular weight excluding hydrogens is 169 g/mol. The molecule has 11 heavy (non-hydrogen) atoms. The van der Waals surface area contributed by atoms with E-state index in [0.717, 1.165) is 0 Å². The molecule has 0 aliphatic carbocycles. The Morgan fingerprint density at radius 1 is 1.55 bits per heavy atom. The van der Waals surface area contributed by atoms with E-state index in [4.69, 9.17) is 16.6 Å². The first-order chi connectivity index (χ1) is 5.25. The third kappa shape index (κ3) is 1.85. The van der Waals surface area contributed by atoms with Crippen LogP contribution in [0.1, 0.15) is 0 Å². The van der Waals surface area contributed by atoms with Gasteiger partial charge in [-0.2, -0.15) is 0 Å². The monoisotopic (exact) mass is 173 g/mol. The van der Waals surface area contributed by atoms with Crippen molar-refractivity contribution in [1.29, 1.82) is 0 Å². The fraction of sp³-hybridized carbons (Fsp3) is 0. The first-order valence-electron chi connectivity index (χ1n) is 2.82. The normalized spacial score (nSPS) is 9.36. The molecule has 0 heterocycles. The van der Waals surface area contributed by atoms with Crippen LogP contribution in [0.15, 0.2) is 18.2 Å².